The molecule has 0 heterocycles. The maximum absolute atomic E-state index is 11.4. The number of carboxylic acid groups (broad SMARTS) is 1. The number of ether oxygens (including phenoxy) is 2. The monoisotopic (exact) mass is 390 g/mol. The maximum atomic E-state index is 11.4. The van der Waals surface area contributed by atoms with Crippen molar-refractivity contribution in [3.05, 3.63) is 12.2 Å². The van der Waals surface area contributed by atoms with Crippen LogP contribution in [0.25, 0.3) is 0 Å². The molecule has 0 saturated heterocycles. The summed E-state index contributed by atoms with van der Waals surface area (Å²) in [6.45, 7) is 15.8. The molecule has 1 atom stereocenters. The van der Waals surface area contributed by atoms with Crippen LogP contribution >= 0.6 is 0 Å². The molecular weight excluding hydrogens is 356 g/mol. The summed E-state index contributed by atoms with van der Waals surface area (Å²) < 4.78 is 17.2. The minimum atomic E-state index is -1.66. The summed E-state index contributed by atoms with van der Waals surface area (Å²) in [5.41, 5.74) is 0. The van der Waals surface area contributed by atoms with Gasteiger partial charge in [0, 0.05) is 18.8 Å². The van der Waals surface area contributed by atoms with Crippen molar-refractivity contribution in [2.45, 2.75) is 65.2 Å². The Kier molecular flexibility index (Phi) is 10.5. The van der Waals surface area contributed by atoms with Gasteiger partial charge in [0.05, 0.1) is 6.10 Å². The lowest BCUT2D eigenvalue weighted by Gasteiger charge is -2.31. The van der Waals surface area contributed by atoms with Crippen LogP contribution in [0.15, 0.2) is 12.2 Å². The van der Waals surface area contributed by atoms with E-state index in [1.807, 2.05) is 13.8 Å². The third-order valence-electron chi connectivity index (χ3n) is 3.33. The lowest BCUT2D eigenvalue weighted by molar-refractivity contribution is -0.143. The number of esters is 1. The van der Waals surface area contributed by atoms with E-state index in [4.69, 9.17) is 18.7 Å². The van der Waals surface area contributed by atoms with Crippen molar-refractivity contribution in [3.8, 4) is 0 Å². The van der Waals surface area contributed by atoms with Crippen LogP contribution in [0.3, 0.4) is 0 Å². The van der Waals surface area contributed by atoms with E-state index in [1.165, 1.54) is 0 Å². The third-order valence-corrected chi connectivity index (χ3v) is 9.55. The second kappa shape index (κ2) is 10.9. The molecule has 0 aliphatic carbocycles. The number of carbonyl (C=O) groups excluding carboxylic acids is 1. The summed E-state index contributed by atoms with van der Waals surface area (Å²) in [5.74, 6) is -1.66. The van der Waals surface area contributed by atoms with Gasteiger partial charge in [-0.15, -0.1) is 0 Å². The van der Waals surface area contributed by atoms with E-state index in [9.17, 15) is 9.59 Å². The van der Waals surface area contributed by atoms with Crippen LogP contribution in [0.4, 0.5) is 0 Å². The highest BCUT2D eigenvalue weighted by Gasteiger charge is 2.29. The molecule has 0 amide bonds. The zero-order valence-electron chi connectivity index (χ0n) is 16.6. The van der Waals surface area contributed by atoms with E-state index in [-0.39, 0.29) is 18.6 Å². The quantitative estimate of drug-likeness (QED) is 0.237. The average Bonchev–Trinajstić information content (AvgIpc) is 2.41. The van der Waals surface area contributed by atoms with Crippen LogP contribution in [0, 0.1) is 5.92 Å². The van der Waals surface area contributed by atoms with Gasteiger partial charge in [-0.05, 0) is 51.1 Å². The van der Waals surface area contributed by atoms with E-state index < -0.39 is 28.6 Å². The van der Waals surface area contributed by atoms with Gasteiger partial charge >= 0.3 is 11.9 Å². The molecule has 0 aromatic heterocycles. The van der Waals surface area contributed by atoms with Crippen LogP contribution in [0.1, 0.15) is 20.3 Å². The molecule has 1 unspecified atom stereocenters. The summed E-state index contributed by atoms with van der Waals surface area (Å²) in [6, 6.07) is 1.03. The fourth-order valence-electron chi connectivity index (χ4n) is 2.40. The fourth-order valence-corrected chi connectivity index (χ4v) is 10.4. The van der Waals surface area contributed by atoms with E-state index in [1.54, 1.807) is 0 Å². The van der Waals surface area contributed by atoms with Crippen LogP contribution < -0.4 is 0 Å². The van der Waals surface area contributed by atoms with Crippen molar-refractivity contribution < 1.29 is 28.3 Å². The lowest BCUT2D eigenvalue weighted by Crippen LogP contribution is -2.42. The Labute approximate surface area is 153 Å². The molecule has 0 aliphatic heterocycles. The van der Waals surface area contributed by atoms with Crippen molar-refractivity contribution in [2.24, 2.45) is 5.92 Å². The zero-order valence-corrected chi connectivity index (χ0v) is 18.6. The van der Waals surface area contributed by atoms with Crippen molar-refractivity contribution in [1.29, 1.82) is 0 Å². The van der Waals surface area contributed by atoms with Gasteiger partial charge in [0.15, 0.2) is 16.6 Å². The average molecular weight is 391 g/mol. The summed E-state index contributed by atoms with van der Waals surface area (Å²) in [6.07, 6.45) is 2.38. The molecule has 0 rings (SSSR count). The number of rotatable bonds is 12. The van der Waals surface area contributed by atoms with Crippen LogP contribution in [-0.2, 0) is 23.2 Å². The first kappa shape index (κ1) is 24.0. The zero-order chi connectivity index (χ0) is 19.7. The molecule has 25 heavy (non-hydrogen) atoms. The summed E-state index contributed by atoms with van der Waals surface area (Å²) in [7, 11) is -3.18. The van der Waals surface area contributed by atoms with Crippen molar-refractivity contribution in [1.82, 2.24) is 0 Å². The Morgan fingerprint density at radius 2 is 1.68 bits per heavy atom. The van der Waals surface area contributed by atoms with Gasteiger partial charge in [-0.2, -0.15) is 0 Å². The minimum absolute atomic E-state index is 0.118. The number of carboxylic acids is 1. The first-order chi connectivity index (χ1) is 11.3. The standard InChI is InChI=1S/C17H34O6Si2/c1-14(2)15(13-22-17(20)10-9-16(18)19)21-11-8-12-25(6,7)23-24(3,4)5/h9-10,14-15H,8,11-13H2,1-7H3,(H,18,19)/b10-9+. The first-order valence-corrected chi connectivity index (χ1v) is 15.2. The van der Waals surface area contributed by atoms with Gasteiger partial charge in [0.1, 0.15) is 6.61 Å². The van der Waals surface area contributed by atoms with Gasteiger partial charge in [-0.3, -0.25) is 0 Å². The molecule has 0 radical (unpaired) electrons. The molecule has 0 fully saturated rings. The Morgan fingerprint density at radius 3 is 2.16 bits per heavy atom. The topological polar surface area (TPSA) is 82.1 Å². The highest BCUT2D eigenvalue weighted by Crippen LogP contribution is 2.20. The molecule has 1 N–H and O–H groups in total. The molecule has 0 aliphatic rings. The molecular formula is C17H34O6Si2. The van der Waals surface area contributed by atoms with Gasteiger partial charge in [-0.1, -0.05) is 13.8 Å². The maximum Gasteiger partial charge on any atom is 0.331 e. The third kappa shape index (κ3) is 13.9. The Hall–Kier alpha value is -0.966. The number of aliphatic carboxylic acids is 1. The molecule has 0 aromatic carbocycles. The van der Waals surface area contributed by atoms with Crippen LogP contribution in [0.5, 0.6) is 0 Å². The number of carbonyl (C=O) groups is 2. The van der Waals surface area contributed by atoms with E-state index in [0.717, 1.165) is 24.6 Å². The smallest absolute Gasteiger partial charge is 0.331 e. The van der Waals surface area contributed by atoms with Gasteiger partial charge in [0.2, 0.25) is 0 Å². The molecule has 8 heteroatoms. The molecule has 0 saturated carbocycles. The van der Waals surface area contributed by atoms with Crippen molar-refractivity contribution in [3.63, 3.8) is 0 Å². The SMILES string of the molecule is CC(C)C(COC(=O)/C=C/C(=O)O)OCCC[Si](C)(C)O[Si](C)(C)C. The Balaban J connectivity index is 4.25. The highest BCUT2D eigenvalue weighted by atomic mass is 28.4. The lowest BCUT2D eigenvalue weighted by atomic mass is 10.1. The largest absolute Gasteiger partial charge is 0.478 e. The number of hydrogen-bond donors (Lipinski definition) is 1. The summed E-state index contributed by atoms with van der Waals surface area (Å²) >= 11 is 0. The van der Waals surface area contributed by atoms with Gasteiger partial charge < -0.3 is 18.7 Å². The predicted molar refractivity (Wildman–Crippen MR) is 104 cm³/mol. The van der Waals surface area contributed by atoms with Crippen molar-refractivity contribution in [2.75, 3.05) is 13.2 Å². The predicted octanol–water partition coefficient (Wildman–Crippen LogP) is 3.66. The van der Waals surface area contributed by atoms with Crippen LogP contribution in [-0.4, -0.2) is 53.0 Å². The molecule has 0 bridgehead atoms. The van der Waals surface area contributed by atoms with Crippen molar-refractivity contribution >= 4 is 28.6 Å². The summed E-state index contributed by atoms with van der Waals surface area (Å²) in [4.78, 5) is 21.8. The first-order valence-electron chi connectivity index (χ1n) is 8.72. The number of hydrogen-bond acceptors (Lipinski definition) is 5. The normalized spacial score (nSPS) is 14.1. The van der Waals surface area contributed by atoms with E-state index in [2.05, 4.69) is 32.7 Å². The molecule has 0 aromatic rings. The summed E-state index contributed by atoms with van der Waals surface area (Å²) in [5, 5.41) is 8.48. The second-order valence-electron chi connectivity index (χ2n) is 8.03. The van der Waals surface area contributed by atoms with Crippen LogP contribution in [0.2, 0.25) is 38.8 Å². The Morgan fingerprint density at radius 1 is 1.08 bits per heavy atom. The van der Waals surface area contributed by atoms with Gasteiger partial charge in [0.25, 0.3) is 0 Å². The minimum Gasteiger partial charge on any atom is -0.478 e. The molecule has 6 nitrogen and oxygen atoms in total. The highest BCUT2D eigenvalue weighted by molar-refractivity contribution is 6.84. The molecule has 146 valence electrons. The fraction of sp³-hybridized carbons (Fsp3) is 0.765. The van der Waals surface area contributed by atoms with Gasteiger partial charge in [-0.25, -0.2) is 9.59 Å². The Bertz CT molecular complexity index is 455. The van der Waals surface area contributed by atoms with E-state index in [0.29, 0.717) is 6.61 Å². The molecule has 0 spiro atoms. The van der Waals surface area contributed by atoms with E-state index >= 15 is 0 Å². The second-order valence-corrected chi connectivity index (χ2v) is 17.1.